The van der Waals surface area contributed by atoms with Crippen LogP contribution in [0.4, 0.5) is 10.1 Å². The second-order valence-corrected chi connectivity index (χ2v) is 7.69. The van der Waals surface area contributed by atoms with Crippen molar-refractivity contribution in [2.45, 2.75) is 13.5 Å². The van der Waals surface area contributed by atoms with E-state index in [-0.39, 0.29) is 23.7 Å². The van der Waals surface area contributed by atoms with E-state index in [0.717, 1.165) is 5.56 Å². The van der Waals surface area contributed by atoms with Gasteiger partial charge in [0, 0.05) is 10.2 Å². The standard InChI is InChI=1S/C25H20BrFN2O4/c1-2-32-23-12-17(11-18(14-28)25(31)29-20-7-9-21(30)10-8-20)22(26)13-24(23)33-15-16-3-5-19(27)6-4-16/h3-13,30H,2,15H2,1H3,(H,29,31)/b18-11+. The van der Waals surface area contributed by atoms with Gasteiger partial charge >= 0.3 is 0 Å². The number of phenols is 1. The number of aromatic hydroxyl groups is 1. The lowest BCUT2D eigenvalue weighted by atomic mass is 10.1. The molecule has 3 rings (SSSR count). The summed E-state index contributed by atoms with van der Waals surface area (Å²) in [7, 11) is 0. The monoisotopic (exact) mass is 510 g/mol. The van der Waals surface area contributed by atoms with Crippen molar-refractivity contribution in [1.82, 2.24) is 0 Å². The van der Waals surface area contributed by atoms with Crippen LogP contribution in [0.5, 0.6) is 17.2 Å². The molecule has 0 aliphatic rings. The zero-order valence-electron chi connectivity index (χ0n) is 17.6. The maximum absolute atomic E-state index is 13.1. The van der Waals surface area contributed by atoms with Gasteiger partial charge in [-0.1, -0.05) is 28.1 Å². The number of carbonyl (C=O) groups excluding carboxylic acids is 1. The highest BCUT2D eigenvalue weighted by atomic mass is 79.9. The molecule has 33 heavy (non-hydrogen) atoms. The second-order valence-electron chi connectivity index (χ2n) is 6.84. The smallest absolute Gasteiger partial charge is 0.266 e. The molecule has 3 aromatic rings. The number of halogens is 2. The molecule has 0 saturated carbocycles. The Balaban J connectivity index is 1.83. The van der Waals surface area contributed by atoms with Crippen molar-refractivity contribution in [1.29, 1.82) is 5.26 Å². The van der Waals surface area contributed by atoms with Crippen LogP contribution in [0.25, 0.3) is 6.08 Å². The van der Waals surface area contributed by atoms with Gasteiger partial charge in [-0.05, 0) is 72.7 Å². The predicted octanol–water partition coefficient (Wildman–Crippen LogP) is 5.82. The van der Waals surface area contributed by atoms with E-state index in [1.165, 1.54) is 42.5 Å². The lowest BCUT2D eigenvalue weighted by Crippen LogP contribution is -2.13. The number of phenolic OH excluding ortho intramolecular Hbond substituents is 1. The number of carbonyl (C=O) groups is 1. The maximum atomic E-state index is 13.1. The van der Waals surface area contributed by atoms with E-state index < -0.39 is 5.91 Å². The van der Waals surface area contributed by atoms with Crippen LogP contribution in [0.2, 0.25) is 0 Å². The van der Waals surface area contributed by atoms with Crippen molar-refractivity contribution >= 4 is 33.6 Å². The molecule has 1 amide bonds. The minimum absolute atomic E-state index is 0.0677. The lowest BCUT2D eigenvalue weighted by Gasteiger charge is -2.14. The average molecular weight is 511 g/mol. The molecule has 0 aliphatic heterocycles. The highest BCUT2D eigenvalue weighted by molar-refractivity contribution is 9.10. The third-order valence-corrected chi connectivity index (χ3v) is 5.15. The Morgan fingerprint density at radius 1 is 1.12 bits per heavy atom. The molecule has 8 heteroatoms. The Kier molecular flexibility index (Phi) is 8.06. The summed E-state index contributed by atoms with van der Waals surface area (Å²) in [4.78, 5) is 12.5. The fourth-order valence-corrected chi connectivity index (χ4v) is 3.27. The number of hydrogen-bond acceptors (Lipinski definition) is 5. The quantitative estimate of drug-likeness (QED) is 0.226. The van der Waals surface area contributed by atoms with Gasteiger partial charge in [-0.15, -0.1) is 0 Å². The van der Waals surface area contributed by atoms with E-state index >= 15 is 0 Å². The molecule has 0 atom stereocenters. The average Bonchev–Trinajstić information content (AvgIpc) is 2.80. The molecule has 0 aliphatic carbocycles. The third kappa shape index (κ3) is 6.57. The van der Waals surface area contributed by atoms with Crippen LogP contribution in [0, 0.1) is 17.1 Å². The van der Waals surface area contributed by atoms with Crippen LogP contribution in [-0.4, -0.2) is 17.6 Å². The van der Waals surface area contributed by atoms with Gasteiger partial charge in [-0.2, -0.15) is 5.26 Å². The number of nitrogens with zero attached hydrogens (tertiary/aromatic N) is 1. The summed E-state index contributed by atoms with van der Waals surface area (Å²) in [5, 5.41) is 21.5. The lowest BCUT2D eigenvalue weighted by molar-refractivity contribution is -0.112. The van der Waals surface area contributed by atoms with Gasteiger partial charge in [0.15, 0.2) is 11.5 Å². The van der Waals surface area contributed by atoms with Crippen LogP contribution in [-0.2, 0) is 11.4 Å². The fraction of sp³-hybridized carbons (Fsp3) is 0.120. The van der Waals surface area contributed by atoms with Crippen molar-refractivity contribution in [3.63, 3.8) is 0 Å². The largest absolute Gasteiger partial charge is 0.508 e. The number of nitriles is 1. The molecule has 0 spiro atoms. The molecule has 0 bridgehead atoms. The van der Waals surface area contributed by atoms with E-state index in [9.17, 15) is 19.6 Å². The summed E-state index contributed by atoms with van der Waals surface area (Å²) < 4.78 is 25.2. The van der Waals surface area contributed by atoms with Crippen molar-refractivity contribution < 1.29 is 23.8 Å². The number of rotatable bonds is 8. The minimum Gasteiger partial charge on any atom is -0.508 e. The fourth-order valence-electron chi connectivity index (χ4n) is 2.83. The zero-order chi connectivity index (χ0) is 23.8. The summed E-state index contributed by atoms with van der Waals surface area (Å²) in [5.41, 5.74) is 1.66. The molecule has 0 saturated heterocycles. The summed E-state index contributed by atoms with van der Waals surface area (Å²) in [6.07, 6.45) is 1.44. The number of benzene rings is 3. The van der Waals surface area contributed by atoms with E-state index in [0.29, 0.717) is 33.8 Å². The molecule has 0 fully saturated rings. The Labute approximate surface area is 199 Å². The van der Waals surface area contributed by atoms with Gasteiger partial charge < -0.3 is 19.9 Å². The molecule has 0 unspecified atom stereocenters. The zero-order valence-corrected chi connectivity index (χ0v) is 19.2. The first-order valence-corrected chi connectivity index (χ1v) is 10.7. The van der Waals surface area contributed by atoms with E-state index in [1.807, 2.05) is 13.0 Å². The highest BCUT2D eigenvalue weighted by Crippen LogP contribution is 2.35. The highest BCUT2D eigenvalue weighted by Gasteiger charge is 2.14. The van der Waals surface area contributed by atoms with E-state index in [2.05, 4.69) is 21.2 Å². The predicted molar refractivity (Wildman–Crippen MR) is 126 cm³/mol. The first-order chi connectivity index (χ1) is 15.9. The number of ether oxygens (including phenoxy) is 2. The minimum atomic E-state index is -0.593. The molecular formula is C25H20BrFN2O4. The van der Waals surface area contributed by atoms with Gasteiger partial charge in [0.25, 0.3) is 5.91 Å². The molecule has 0 radical (unpaired) electrons. The summed E-state index contributed by atoms with van der Waals surface area (Å²) in [6.45, 7) is 2.41. The number of amides is 1. The van der Waals surface area contributed by atoms with E-state index in [1.54, 1.807) is 24.3 Å². The number of hydrogen-bond donors (Lipinski definition) is 2. The Hall–Kier alpha value is -3.83. The topological polar surface area (TPSA) is 91.6 Å². The SMILES string of the molecule is CCOc1cc(/C=C(\C#N)C(=O)Nc2ccc(O)cc2)c(Br)cc1OCc1ccc(F)cc1. The van der Waals surface area contributed by atoms with Crippen molar-refractivity contribution in [2.24, 2.45) is 0 Å². The summed E-state index contributed by atoms with van der Waals surface area (Å²) >= 11 is 3.45. The summed E-state index contributed by atoms with van der Waals surface area (Å²) in [6, 6.07) is 17.2. The van der Waals surface area contributed by atoms with Gasteiger partial charge in [0.1, 0.15) is 29.8 Å². The molecule has 0 aromatic heterocycles. The first kappa shape index (κ1) is 23.8. The van der Waals surface area contributed by atoms with Crippen LogP contribution >= 0.6 is 15.9 Å². The Morgan fingerprint density at radius 3 is 2.42 bits per heavy atom. The van der Waals surface area contributed by atoms with Crippen molar-refractivity contribution in [2.75, 3.05) is 11.9 Å². The molecule has 0 heterocycles. The Bertz CT molecular complexity index is 1200. The van der Waals surface area contributed by atoms with Gasteiger partial charge in [0.05, 0.1) is 6.61 Å². The summed E-state index contributed by atoms with van der Waals surface area (Å²) in [5.74, 6) is 0.0424. The molecule has 168 valence electrons. The van der Waals surface area contributed by atoms with E-state index in [4.69, 9.17) is 9.47 Å². The van der Waals surface area contributed by atoms with Gasteiger partial charge in [-0.25, -0.2) is 4.39 Å². The van der Waals surface area contributed by atoms with Crippen molar-refractivity contribution in [3.8, 4) is 23.3 Å². The van der Waals surface area contributed by atoms with Crippen molar-refractivity contribution in [3.05, 3.63) is 87.7 Å². The van der Waals surface area contributed by atoms with Crippen LogP contribution in [0.15, 0.2) is 70.7 Å². The molecule has 6 nitrogen and oxygen atoms in total. The van der Waals surface area contributed by atoms with Crippen LogP contribution < -0.4 is 14.8 Å². The molecule has 3 aromatic carbocycles. The van der Waals surface area contributed by atoms with Gasteiger partial charge in [0.2, 0.25) is 0 Å². The van der Waals surface area contributed by atoms with Crippen LogP contribution in [0.3, 0.4) is 0 Å². The second kappa shape index (κ2) is 11.2. The Morgan fingerprint density at radius 2 is 1.79 bits per heavy atom. The number of anilines is 1. The molecular weight excluding hydrogens is 491 g/mol. The first-order valence-electron chi connectivity index (χ1n) is 9.95. The molecule has 2 N–H and O–H groups in total. The van der Waals surface area contributed by atoms with Gasteiger partial charge in [-0.3, -0.25) is 4.79 Å². The maximum Gasteiger partial charge on any atom is 0.266 e. The van der Waals surface area contributed by atoms with Crippen LogP contribution in [0.1, 0.15) is 18.1 Å². The normalized spacial score (nSPS) is 10.9. The number of nitrogens with one attached hydrogen (secondary N) is 1. The third-order valence-electron chi connectivity index (χ3n) is 4.46.